The van der Waals surface area contributed by atoms with Gasteiger partial charge in [-0.1, -0.05) is 6.07 Å². The number of carboxylic acids is 1. The smallest absolute Gasteiger partial charge is 0.332 e. The first kappa shape index (κ1) is 19.8. The minimum Gasteiger partial charge on any atom is -0.479 e. The van der Waals surface area contributed by atoms with Gasteiger partial charge >= 0.3 is 11.7 Å². The first-order chi connectivity index (χ1) is 13.3. The molecule has 9 nitrogen and oxygen atoms in total. The van der Waals surface area contributed by atoms with Crippen LogP contribution in [0.1, 0.15) is 37.8 Å². The van der Waals surface area contributed by atoms with Crippen molar-refractivity contribution < 1.29 is 24.2 Å². The molecule has 1 saturated heterocycles. The van der Waals surface area contributed by atoms with E-state index in [1.807, 2.05) is 12.1 Å². The largest absolute Gasteiger partial charge is 0.479 e. The Labute approximate surface area is 160 Å². The van der Waals surface area contributed by atoms with Crippen molar-refractivity contribution in [2.75, 3.05) is 6.61 Å². The summed E-state index contributed by atoms with van der Waals surface area (Å²) in [5.41, 5.74) is 2.02. The fourth-order valence-corrected chi connectivity index (χ4v) is 3.40. The Morgan fingerprint density at radius 3 is 2.75 bits per heavy atom. The van der Waals surface area contributed by atoms with Crippen molar-refractivity contribution >= 4 is 28.8 Å². The molecule has 1 fully saturated rings. The molecule has 1 aromatic heterocycles. The normalized spacial score (nSPS) is 18.3. The summed E-state index contributed by atoms with van der Waals surface area (Å²) in [7, 11) is 1.65. The van der Waals surface area contributed by atoms with Crippen LogP contribution in [0.3, 0.4) is 0 Å². The van der Waals surface area contributed by atoms with E-state index in [1.54, 1.807) is 13.1 Å². The zero-order valence-corrected chi connectivity index (χ0v) is 15.8. The van der Waals surface area contributed by atoms with Crippen LogP contribution in [0.5, 0.6) is 0 Å². The van der Waals surface area contributed by atoms with Gasteiger partial charge in [0.15, 0.2) is 6.10 Å². The summed E-state index contributed by atoms with van der Waals surface area (Å²) in [4.78, 5) is 47.0. The Balaban J connectivity index is 1.79. The number of rotatable bonds is 7. The number of aromatic nitrogens is 2. The molecule has 2 amide bonds. The van der Waals surface area contributed by atoms with Crippen LogP contribution in [0, 0.1) is 0 Å². The number of amides is 2. The van der Waals surface area contributed by atoms with Crippen molar-refractivity contribution in [1.82, 2.24) is 14.5 Å². The molecular weight excluding hydrogens is 366 g/mol. The first-order valence-electron chi connectivity index (χ1n) is 9.17. The Morgan fingerprint density at radius 1 is 1.32 bits per heavy atom. The maximum atomic E-state index is 12.7. The molecule has 0 aliphatic carbocycles. The minimum atomic E-state index is -0.994. The van der Waals surface area contributed by atoms with Gasteiger partial charge in [0.2, 0.25) is 11.8 Å². The number of fused-ring (bicyclic) bond motifs is 1. The van der Waals surface area contributed by atoms with Crippen LogP contribution < -0.4 is 11.0 Å². The molecule has 1 aromatic carbocycles. The molecule has 0 radical (unpaired) electrons. The Bertz CT molecular complexity index is 989. The molecule has 1 aliphatic rings. The van der Waals surface area contributed by atoms with Crippen molar-refractivity contribution in [3.05, 3.63) is 34.2 Å². The number of carbonyl (C=O) groups excluding carboxylic acids is 2. The number of benzene rings is 1. The van der Waals surface area contributed by atoms with Crippen molar-refractivity contribution in [3.63, 3.8) is 0 Å². The molecule has 2 N–H and O–H groups in total. The lowest BCUT2D eigenvalue weighted by molar-refractivity contribution is -0.149. The van der Waals surface area contributed by atoms with Gasteiger partial charge < -0.3 is 9.84 Å². The zero-order chi connectivity index (χ0) is 20.4. The number of aryl methyl sites for hydroxylation is 2. The molecule has 2 atom stereocenters. The average Bonchev–Trinajstić information content (AvgIpc) is 2.89. The zero-order valence-electron chi connectivity index (χ0n) is 15.8. The van der Waals surface area contributed by atoms with Crippen LogP contribution in [0.2, 0.25) is 0 Å². The molecule has 2 unspecified atom stereocenters. The lowest BCUT2D eigenvalue weighted by Gasteiger charge is -2.21. The molecule has 9 heteroatoms. The van der Waals surface area contributed by atoms with Crippen molar-refractivity contribution in [3.8, 4) is 0 Å². The van der Waals surface area contributed by atoms with Gasteiger partial charge in [0.25, 0.3) is 0 Å². The summed E-state index contributed by atoms with van der Waals surface area (Å²) < 4.78 is 8.16. The van der Waals surface area contributed by atoms with Gasteiger partial charge in [-0.05, 0) is 43.9 Å². The van der Waals surface area contributed by atoms with Gasteiger partial charge in [-0.2, -0.15) is 0 Å². The summed E-state index contributed by atoms with van der Waals surface area (Å²) in [6, 6.07) is 4.87. The van der Waals surface area contributed by atoms with Gasteiger partial charge in [-0.3, -0.25) is 24.0 Å². The van der Waals surface area contributed by atoms with Crippen LogP contribution in [0.4, 0.5) is 0 Å². The van der Waals surface area contributed by atoms with Crippen molar-refractivity contribution in [1.29, 1.82) is 0 Å². The average molecular weight is 389 g/mol. The lowest BCUT2D eigenvalue weighted by Crippen LogP contribution is -2.44. The van der Waals surface area contributed by atoms with E-state index in [0.29, 0.717) is 36.9 Å². The topological polar surface area (TPSA) is 120 Å². The van der Waals surface area contributed by atoms with Gasteiger partial charge in [-0.25, -0.2) is 9.59 Å². The molecule has 28 heavy (non-hydrogen) atoms. The summed E-state index contributed by atoms with van der Waals surface area (Å²) >= 11 is 0. The molecule has 0 spiro atoms. The number of carboxylic acid groups (broad SMARTS) is 1. The predicted octanol–water partition coefficient (Wildman–Crippen LogP) is 0.740. The fourth-order valence-electron chi connectivity index (χ4n) is 3.40. The highest BCUT2D eigenvalue weighted by Crippen LogP contribution is 2.24. The summed E-state index contributed by atoms with van der Waals surface area (Å²) in [6.07, 6.45) is 0.965. The maximum Gasteiger partial charge on any atom is 0.332 e. The number of nitrogens with one attached hydrogen (secondary N) is 1. The van der Waals surface area contributed by atoms with Crippen LogP contribution in [-0.2, 0) is 32.6 Å². The van der Waals surface area contributed by atoms with Gasteiger partial charge in [-0.15, -0.1) is 0 Å². The molecular formula is C19H23N3O6. The van der Waals surface area contributed by atoms with E-state index in [9.17, 15) is 19.2 Å². The molecule has 2 heterocycles. The van der Waals surface area contributed by atoms with E-state index in [1.165, 1.54) is 16.1 Å². The Kier molecular flexibility index (Phi) is 5.64. The summed E-state index contributed by atoms with van der Waals surface area (Å²) in [6.45, 7) is 1.81. The third kappa shape index (κ3) is 3.84. The van der Waals surface area contributed by atoms with E-state index in [4.69, 9.17) is 9.84 Å². The molecule has 3 rings (SSSR count). The number of hydrogen-bond donors (Lipinski definition) is 2. The van der Waals surface area contributed by atoms with Crippen LogP contribution in [-0.4, -0.2) is 44.7 Å². The number of imide groups is 1. The summed E-state index contributed by atoms with van der Waals surface area (Å²) in [5, 5.41) is 11.1. The number of aliphatic carboxylic acids is 1. The second kappa shape index (κ2) is 7.97. The van der Waals surface area contributed by atoms with Gasteiger partial charge in [0.05, 0.1) is 11.0 Å². The number of carbonyl (C=O) groups is 3. The van der Waals surface area contributed by atoms with E-state index in [-0.39, 0.29) is 18.0 Å². The first-order valence-corrected chi connectivity index (χ1v) is 9.17. The number of piperidine rings is 1. The minimum absolute atomic E-state index is 0.200. The molecule has 150 valence electrons. The van der Waals surface area contributed by atoms with E-state index < -0.39 is 24.0 Å². The predicted molar refractivity (Wildman–Crippen MR) is 100.0 cm³/mol. The van der Waals surface area contributed by atoms with E-state index >= 15 is 0 Å². The van der Waals surface area contributed by atoms with Gasteiger partial charge in [0, 0.05) is 20.1 Å². The Morgan fingerprint density at radius 2 is 2.07 bits per heavy atom. The van der Waals surface area contributed by atoms with Crippen LogP contribution >= 0.6 is 0 Å². The van der Waals surface area contributed by atoms with E-state index in [2.05, 4.69) is 5.32 Å². The monoisotopic (exact) mass is 389 g/mol. The highest BCUT2D eigenvalue weighted by atomic mass is 16.5. The number of ether oxygens (including phenoxy) is 1. The van der Waals surface area contributed by atoms with E-state index in [0.717, 1.165) is 5.56 Å². The Hall–Kier alpha value is -2.94. The maximum absolute atomic E-state index is 12.7. The second-order valence-electron chi connectivity index (χ2n) is 6.96. The molecule has 2 aromatic rings. The molecule has 0 saturated carbocycles. The second-order valence-corrected chi connectivity index (χ2v) is 6.96. The summed E-state index contributed by atoms with van der Waals surface area (Å²) in [5.74, 6) is -1.78. The SMILES string of the molecule is CC(OCCCc1ccc2c(c1)n(C)c(=O)n2C1CCC(=O)NC1=O)C(=O)O. The number of imidazole rings is 1. The highest BCUT2D eigenvalue weighted by Gasteiger charge is 2.31. The standard InChI is InChI=1S/C19H23N3O6/c1-11(18(25)26)28-9-3-4-12-5-6-13-15(10-12)21(2)19(27)22(13)14-7-8-16(23)20-17(14)24/h5-6,10-11,14H,3-4,7-9H2,1-2H3,(H,25,26)(H,20,23,24). The fraction of sp³-hybridized carbons (Fsp3) is 0.474. The highest BCUT2D eigenvalue weighted by molar-refractivity contribution is 6.00. The third-order valence-electron chi connectivity index (χ3n) is 5.00. The third-order valence-corrected chi connectivity index (χ3v) is 5.00. The molecule has 1 aliphatic heterocycles. The van der Waals surface area contributed by atoms with Gasteiger partial charge in [0.1, 0.15) is 6.04 Å². The molecule has 0 bridgehead atoms. The van der Waals surface area contributed by atoms with Crippen molar-refractivity contribution in [2.24, 2.45) is 7.05 Å². The quantitative estimate of drug-likeness (QED) is 0.532. The van der Waals surface area contributed by atoms with Crippen LogP contribution in [0.25, 0.3) is 11.0 Å². The van der Waals surface area contributed by atoms with Crippen molar-refractivity contribution in [2.45, 2.75) is 44.8 Å². The lowest BCUT2D eigenvalue weighted by atomic mass is 10.1. The number of nitrogens with zero attached hydrogens (tertiary/aromatic N) is 2. The van der Waals surface area contributed by atoms with Crippen LogP contribution in [0.15, 0.2) is 23.0 Å². The number of hydrogen-bond acceptors (Lipinski definition) is 5.